The Hall–Kier alpha value is -1.88. The number of nitrogens with zero attached hydrogens (tertiary/aromatic N) is 3. The van der Waals surface area contributed by atoms with Crippen LogP contribution in [0.3, 0.4) is 0 Å². The highest BCUT2D eigenvalue weighted by molar-refractivity contribution is 7.10. The summed E-state index contributed by atoms with van der Waals surface area (Å²) in [5.41, 5.74) is 1.96. The van der Waals surface area contributed by atoms with E-state index in [2.05, 4.69) is 46.8 Å². The predicted molar refractivity (Wildman–Crippen MR) is 83.2 cm³/mol. The van der Waals surface area contributed by atoms with Crippen LogP contribution in [-0.2, 0) is 0 Å². The van der Waals surface area contributed by atoms with Gasteiger partial charge in [0.1, 0.15) is 0 Å². The Morgan fingerprint density at radius 1 is 1.20 bits per heavy atom. The van der Waals surface area contributed by atoms with E-state index in [0.29, 0.717) is 11.9 Å². The molecule has 0 spiro atoms. The number of hydrogen-bond donors (Lipinski definition) is 1. The molecule has 0 aliphatic heterocycles. The van der Waals surface area contributed by atoms with Gasteiger partial charge >= 0.3 is 0 Å². The lowest BCUT2D eigenvalue weighted by atomic mass is 10.0. The number of aromatic nitrogens is 3. The quantitative estimate of drug-likeness (QED) is 0.790. The van der Waals surface area contributed by atoms with Gasteiger partial charge in [-0.3, -0.25) is 0 Å². The molecule has 104 valence electrons. The van der Waals surface area contributed by atoms with Crippen LogP contribution in [0.1, 0.15) is 30.5 Å². The van der Waals surface area contributed by atoms with Crippen LogP contribution in [0.5, 0.6) is 0 Å². The second-order valence-electron chi connectivity index (χ2n) is 5.25. The van der Waals surface area contributed by atoms with Gasteiger partial charge < -0.3 is 5.32 Å². The van der Waals surface area contributed by atoms with Crippen LogP contribution in [0.15, 0.2) is 35.7 Å². The average Bonchev–Trinajstić information content (AvgIpc) is 3.05. The maximum atomic E-state index is 4.55. The summed E-state index contributed by atoms with van der Waals surface area (Å²) in [6.07, 6.45) is 0. The first-order chi connectivity index (χ1) is 9.65. The molecule has 1 N–H and O–H groups in total. The number of pyridine rings is 1. The molecular weight excluding hydrogens is 268 g/mol. The minimum absolute atomic E-state index is 0.243. The van der Waals surface area contributed by atoms with E-state index in [4.69, 9.17) is 0 Å². The third-order valence-electron chi connectivity index (χ3n) is 3.35. The van der Waals surface area contributed by atoms with Gasteiger partial charge in [0.05, 0.1) is 6.04 Å². The first kappa shape index (κ1) is 13.1. The second-order valence-corrected chi connectivity index (χ2v) is 6.23. The van der Waals surface area contributed by atoms with Crippen molar-refractivity contribution < 1.29 is 0 Å². The largest absolute Gasteiger partial charge is 0.345 e. The summed E-state index contributed by atoms with van der Waals surface area (Å²) < 4.78 is 1.87. The van der Waals surface area contributed by atoms with Crippen LogP contribution in [0.2, 0.25) is 0 Å². The van der Waals surface area contributed by atoms with E-state index < -0.39 is 0 Å². The number of nitrogens with one attached hydrogen (secondary N) is 1. The van der Waals surface area contributed by atoms with Crippen molar-refractivity contribution in [2.75, 3.05) is 5.32 Å². The summed E-state index contributed by atoms with van der Waals surface area (Å²) in [5, 5.41) is 10.1. The molecule has 0 saturated heterocycles. The van der Waals surface area contributed by atoms with Crippen LogP contribution in [-0.4, -0.2) is 14.6 Å². The van der Waals surface area contributed by atoms with Gasteiger partial charge in [0.25, 0.3) is 0 Å². The van der Waals surface area contributed by atoms with Crippen LogP contribution in [0.25, 0.3) is 5.65 Å². The van der Waals surface area contributed by atoms with Crippen molar-refractivity contribution in [3.8, 4) is 0 Å². The van der Waals surface area contributed by atoms with Gasteiger partial charge in [0.15, 0.2) is 5.65 Å². The molecule has 3 aromatic rings. The number of aryl methyl sites for hydroxylation is 1. The van der Waals surface area contributed by atoms with Gasteiger partial charge in [-0.05, 0) is 36.4 Å². The zero-order valence-electron chi connectivity index (χ0n) is 11.9. The lowest BCUT2D eigenvalue weighted by molar-refractivity contribution is 0.550. The lowest BCUT2D eigenvalue weighted by Crippen LogP contribution is -2.16. The van der Waals surface area contributed by atoms with Crippen LogP contribution in [0.4, 0.5) is 5.95 Å². The van der Waals surface area contributed by atoms with Crippen molar-refractivity contribution in [1.29, 1.82) is 0 Å². The molecule has 4 nitrogen and oxygen atoms in total. The Bertz CT molecular complexity index is 700. The Balaban J connectivity index is 1.93. The van der Waals surface area contributed by atoms with Crippen molar-refractivity contribution in [1.82, 2.24) is 14.6 Å². The van der Waals surface area contributed by atoms with Crippen molar-refractivity contribution in [3.05, 3.63) is 46.3 Å². The number of rotatable bonds is 4. The minimum Gasteiger partial charge on any atom is -0.345 e. The van der Waals surface area contributed by atoms with Crippen molar-refractivity contribution in [2.45, 2.75) is 26.8 Å². The average molecular weight is 286 g/mol. The molecule has 0 saturated carbocycles. The first-order valence-electron chi connectivity index (χ1n) is 6.77. The zero-order valence-corrected chi connectivity index (χ0v) is 12.7. The Morgan fingerprint density at radius 3 is 2.70 bits per heavy atom. The molecule has 3 rings (SSSR count). The molecule has 0 radical (unpaired) electrons. The third-order valence-corrected chi connectivity index (χ3v) is 4.31. The summed E-state index contributed by atoms with van der Waals surface area (Å²) >= 11 is 1.76. The van der Waals surface area contributed by atoms with Crippen molar-refractivity contribution >= 4 is 22.9 Å². The van der Waals surface area contributed by atoms with Gasteiger partial charge in [0.2, 0.25) is 5.95 Å². The maximum Gasteiger partial charge on any atom is 0.243 e. The number of fused-ring (bicyclic) bond motifs is 1. The maximum absolute atomic E-state index is 4.55. The molecule has 0 fully saturated rings. The van der Waals surface area contributed by atoms with Gasteiger partial charge in [-0.2, -0.15) is 4.98 Å². The number of thiophene rings is 1. The number of hydrogen-bond acceptors (Lipinski definition) is 4. The van der Waals surface area contributed by atoms with Gasteiger partial charge in [-0.1, -0.05) is 26.0 Å². The van der Waals surface area contributed by atoms with E-state index in [0.717, 1.165) is 11.3 Å². The summed E-state index contributed by atoms with van der Waals surface area (Å²) in [7, 11) is 0. The molecule has 1 atom stereocenters. The highest BCUT2D eigenvalue weighted by Crippen LogP contribution is 2.28. The predicted octanol–water partition coefficient (Wildman–Crippen LogP) is 3.91. The minimum atomic E-state index is 0.243. The molecule has 0 bridgehead atoms. The van der Waals surface area contributed by atoms with E-state index in [1.165, 1.54) is 4.88 Å². The lowest BCUT2D eigenvalue weighted by Gasteiger charge is -2.20. The van der Waals surface area contributed by atoms with Crippen molar-refractivity contribution in [3.63, 3.8) is 0 Å². The first-order valence-corrected chi connectivity index (χ1v) is 7.65. The summed E-state index contributed by atoms with van der Waals surface area (Å²) in [5.74, 6) is 1.16. The second kappa shape index (κ2) is 5.25. The fourth-order valence-electron chi connectivity index (χ4n) is 2.27. The van der Waals surface area contributed by atoms with Gasteiger partial charge in [-0.15, -0.1) is 16.4 Å². The van der Waals surface area contributed by atoms with Crippen LogP contribution < -0.4 is 5.32 Å². The Kier molecular flexibility index (Phi) is 3.44. The van der Waals surface area contributed by atoms with E-state index >= 15 is 0 Å². The molecule has 0 aromatic carbocycles. The topological polar surface area (TPSA) is 42.2 Å². The molecule has 3 aromatic heterocycles. The fourth-order valence-corrected chi connectivity index (χ4v) is 3.22. The third kappa shape index (κ3) is 2.41. The molecule has 0 amide bonds. The molecule has 20 heavy (non-hydrogen) atoms. The highest BCUT2D eigenvalue weighted by atomic mass is 32.1. The number of anilines is 1. The van der Waals surface area contributed by atoms with Crippen molar-refractivity contribution in [2.24, 2.45) is 5.92 Å². The summed E-state index contributed by atoms with van der Waals surface area (Å²) in [6, 6.07) is 10.5. The molecule has 5 heteroatoms. The van der Waals surface area contributed by atoms with E-state index in [9.17, 15) is 0 Å². The molecular formula is C15H18N4S. The monoisotopic (exact) mass is 286 g/mol. The van der Waals surface area contributed by atoms with E-state index in [1.807, 2.05) is 29.6 Å². The van der Waals surface area contributed by atoms with E-state index in [1.54, 1.807) is 11.3 Å². The SMILES string of the molecule is Cc1cccc2nc(NC(c3cccs3)C(C)C)nn12. The Labute approximate surface area is 122 Å². The standard InChI is InChI=1S/C15H18N4S/c1-10(2)14(12-7-5-9-20-12)17-15-16-13-8-4-6-11(3)19(13)18-15/h4-10,14H,1-3H3,(H,17,18). The summed E-state index contributed by atoms with van der Waals surface area (Å²) in [4.78, 5) is 5.87. The van der Waals surface area contributed by atoms with E-state index in [-0.39, 0.29) is 6.04 Å². The molecule has 3 heterocycles. The smallest absolute Gasteiger partial charge is 0.243 e. The molecule has 0 aliphatic carbocycles. The van der Waals surface area contributed by atoms with Gasteiger partial charge in [-0.25, -0.2) is 4.52 Å². The van der Waals surface area contributed by atoms with Crippen LogP contribution in [0, 0.1) is 12.8 Å². The Morgan fingerprint density at radius 2 is 2.05 bits per heavy atom. The highest BCUT2D eigenvalue weighted by Gasteiger charge is 2.18. The fraction of sp³-hybridized carbons (Fsp3) is 0.333. The molecule has 0 aliphatic rings. The van der Waals surface area contributed by atoms with Gasteiger partial charge in [0, 0.05) is 10.6 Å². The molecule has 1 unspecified atom stereocenters. The normalized spacial score (nSPS) is 13.0. The zero-order chi connectivity index (χ0) is 14.1. The van der Waals surface area contributed by atoms with Crippen LogP contribution >= 0.6 is 11.3 Å². The summed E-state index contributed by atoms with van der Waals surface area (Å²) in [6.45, 7) is 6.45.